The first kappa shape index (κ1) is 26.6. The maximum Gasteiger partial charge on any atom is 0.243 e. The third-order valence-electron chi connectivity index (χ3n) is 5.36. The number of carbonyl (C=O) groups is 2. The summed E-state index contributed by atoms with van der Waals surface area (Å²) in [6.45, 7) is 8.21. The summed E-state index contributed by atoms with van der Waals surface area (Å²) < 4.78 is 0. The van der Waals surface area contributed by atoms with E-state index in [1.165, 1.54) is 11.1 Å². The third kappa shape index (κ3) is 8.02. The molecule has 174 valence electrons. The van der Waals surface area contributed by atoms with Crippen molar-refractivity contribution in [2.24, 2.45) is 0 Å². The maximum absolute atomic E-state index is 13.3. The quantitative estimate of drug-likeness (QED) is 0.401. The van der Waals surface area contributed by atoms with Gasteiger partial charge in [-0.2, -0.15) is 0 Å². The Hall–Kier alpha value is -1.69. The average molecular weight is 496 g/mol. The topological polar surface area (TPSA) is 49.4 Å². The summed E-state index contributed by atoms with van der Waals surface area (Å²) in [5.74, 6) is 0.798. The predicted octanol–water partition coefficient (Wildman–Crippen LogP) is 6.26. The molecule has 0 spiro atoms. The fourth-order valence-electron chi connectivity index (χ4n) is 3.22. The molecule has 0 heterocycles. The van der Waals surface area contributed by atoms with E-state index in [0.29, 0.717) is 16.5 Å². The molecule has 0 aromatic heterocycles. The monoisotopic (exact) mass is 494 g/mol. The number of amides is 2. The number of nitrogens with zero attached hydrogens (tertiary/aromatic N) is 1. The molecule has 2 rings (SSSR count). The van der Waals surface area contributed by atoms with Gasteiger partial charge in [0.1, 0.15) is 6.04 Å². The van der Waals surface area contributed by atoms with Gasteiger partial charge in [-0.05, 0) is 49.9 Å². The molecule has 2 amide bonds. The first-order valence-corrected chi connectivity index (χ1v) is 12.8. The average Bonchev–Trinajstić information content (AvgIpc) is 2.76. The van der Waals surface area contributed by atoms with Crippen molar-refractivity contribution in [3.8, 4) is 0 Å². The van der Waals surface area contributed by atoms with E-state index in [4.69, 9.17) is 23.2 Å². The van der Waals surface area contributed by atoms with Gasteiger partial charge in [0.25, 0.3) is 0 Å². The summed E-state index contributed by atoms with van der Waals surface area (Å²) in [5, 5.41) is 4.04. The molecular weight excluding hydrogens is 463 g/mol. The van der Waals surface area contributed by atoms with Crippen LogP contribution in [0.2, 0.25) is 10.0 Å². The number of thioether (sulfide) groups is 1. The number of hydrogen-bond acceptors (Lipinski definition) is 3. The van der Waals surface area contributed by atoms with Crippen LogP contribution < -0.4 is 5.32 Å². The van der Waals surface area contributed by atoms with Crippen LogP contribution in [0.15, 0.2) is 42.5 Å². The van der Waals surface area contributed by atoms with Gasteiger partial charge in [0.2, 0.25) is 11.8 Å². The number of halogens is 2. The van der Waals surface area contributed by atoms with Crippen molar-refractivity contribution < 1.29 is 9.59 Å². The Bertz CT molecular complexity index is 905. The van der Waals surface area contributed by atoms with Crippen LogP contribution in [-0.2, 0) is 21.9 Å². The van der Waals surface area contributed by atoms with Gasteiger partial charge >= 0.3 is 0 Å². The summed E-state index contributed by atoms with van der Waals surface area (Å²) in [5.41, 5.74) is 3.14. The highest BCUT2D eigenvalue weighted by atomic mass is 35.5. The lowest BCUT2D eigenvalue weighted by Gasteiger charge is -2.31. The van der Waals surface area contributed by atoms with Crippen LogP contribution >= 0.6 is 35.0 Å². The van der Waals surface area contributed by atoms with Crippen molar-refractivity contribution in [3.63, 3.8) is 0 Å². The number of aryl methyl sites for hydroxylation is 1. The molecule has 2 atom stereocenters. The first-order chi connectivity index (χ1) is 15.2. The fourth-order valence-corrected chi connectivity index (χ4v) is 4.56. The van der Waals surface area contributed by atoms with Crippen LogP contribution in [-0.4, -0.2) is 34.6 Å². The largest absolute Gasteiger partial charge is 0.352 e. The Morgan fingerprint density at radius 1 is 1.06 bits per heavy atom. The Kier molecular flexibility index (Phi) is 10.9. The summed E-state index contributed by atoms with van der Waals surface area (Å²) in [6.07, 6.45) is 1.34. The van der Waals surface area contributed by atoms with Gasteiger partial charge in [0, 0.05) is 28.4 Å². The highest BCUT2D eigenvalue weighted by Gasteiger charge is 2.29. The molecule has 2 unspecified atom stereocenters. The van der Waals surface area contributed by atoms with Gasteiger partial charge in [-0.3, -0.25) is 9.59 Å². The lowest BCUT2D eigenvalue weighted by atomic mass is 10.1. The molecule has 4 nitrogen and oxygen atoms in total. The number of nitrogens with one attached hydrogen (secondary N) is 1. The molecular formula is C25H32Cl2N2O2S. The number of carbonyl (C=O) groups excluding carboxylic acids is 2. The van der Waals surface area contributed by atoms with E-state index in [1.807, 2.05) is 26.8 Å². The SMILES string of the molecule is CCC(C)NC(=O)C(CC)N(Cc1ccc(Cl)cc1Cl)C(=O)CSCc1ccc(C)cc1. The number of hydrogen-bond donors (Lipinski definition) is 1. The van der Waals surface area contributed by atoms with Gasteiger partial charge in [-0.15, -0.1) is 11.8 Å². The van der Waals surface area contributed by atoms with Crippen molar-refractivity contribution in [3.05, 3.63) is 69.2 Å². The highest BCUT2D eigenvalue weighted by molar-refractivity contribution is 7.99. The minimum absolute atomic E-state index is 0.0449. The molecule has 0 fully saturated rings. The van der Waals surface area contributed by atoms with Crippen molar-refractivity contribution in [2.45, 2.75) is 64.9 Å². The Labute approximate surface area is 206 Å². The van der Waals surface area contributed by atoms with Gasteiger partial charge in [0.05, 0.1) is 5.75 Å². The van der Waals surface area contributed by atoms with E-state index >= 15 is 0 Å². The molecule has 2 aromatic rings. The molecule has 0 radical (unpaired) electrons. The molecule has 0 bridgehead atoms. The summed E-state index contributed by atoms with van der Waals surface area (Å²) in [7, 11) is 0. The molecule has 0 saturated carbocycles. The van der Waals surface area contributed by atoms with Crippen molar-refractivity contribution in [2.75, 3.05) is 5.75 Å². The van der Waals surface area contributed by atoms with Gasteiger partial charge < -0.3 is 10.2 Å². The van der Waals surface area contributed by atoms with Crippen LogP contribution in [0.3, 0.4) is 0 Å². The summed E-state index contributed by atoms with van der Waals surface area (Å²) >= 11 is 14.0. The maximum atomic E-state index is 13.3. The smallest absolute Gasteiger partial charge is 0.243 e. The van der Waals surface area contributed by atoms with E-state index in [-0.39, 0.29) is 30.2 Å². The standard InChI is InChI=1S/C25H32Cl2N2O2S/c1-5-18(4)28-25(31)23(6-2)29(14-20-11-12-21(26)13-22(20)27)24(30)16-32-15-19-9-7-17(3)8-10-19/h7-13,18,23H,5-6,14-16H2,1-4H3,(H,28,31). The minimum Gasteiger partial charge on any atom is -0.352 e. The molecule has 2 aromatic carbocycles. The second-order valence-corrected chi connectivity index (χ2v) is 9.81. The molecule has 0 aliphatic rings. The molecule has 0 saturated heterocycles. The second kappa shape index (κ2) is 13.1. The molecule has 7 heteroatoms. The second-order valence-electron chi connectivity index (χ2n) is 7.98. The van der Waals surface area contributed by atoms with Crippen molar-refractivity contribution in [1.29, 1.82) is 0 Å². The first-order valence-electron chi connectivity index (χ1n) is 10.9. The fraction of sp³-hybridized carbons (Fsp3) is 0.440. The van der Waals surface area contributed by atoms with Gasteiger partial charge in [-0.1, -0.05) is 72.9 Å². The van der Waals surface area contributed by atoms with Gasteiger partial charge in [-0.25, -0.2) is 0 Å². The Morgan fingerprint density at radius 3 is 2.34 bits per heavy atom. The molecule has 1 N–H and O–H groups in total. The minimum atomic E-state index is -0.566. The van der Waals surface area contributed by atoms with Crippen molar-refractivity contribution in [1.82, 2.24) is 10.2 Å². The normalized spacial score (nSPS) is 12.8. The van der Waals surface area contributed by atoms with E-state index in [2.05, 4.69) is 36.5 Å². The Morgan fingerprint density at radius 2 is 1.75 bits per heavy atom. The van der Waals surface area contributed by atoms with Crippen molar-refractivity contribution >= 4 is 46.8 Å². The van der Waals surface area contributed by atoms with E-state index in [9.17, 15) is 9.59 Å². The number of rotatable bonds is 11. The summed E-state index contributed by atoms with van der Waals surface area (Å²) in [4.78, 5) is 27.9. The zero-order valence-corrected chi connectivity index (χ0v) is 21.5. The van der Waals surface area contributed by atoms with E-state index in [0.717, 1.165) is 17.7 Å². The molecule has 0 aliphatic carbocycles. The zero-order valence-electron chi connectivity index (χ0n) is 19.2. The summed E-state index contributed by atoms with van der Waals surface area (Å²) in [6, 6.07) is 13.0. The number of benzene rings is 2. The molecule has 32 heavy (non-hydrogen) atoms. The molecule has 0 aliphatic heterocycles. The van der Waals surface area contributed by atoms with Crippen LogP contribution in [0, 0.1) is 6.92 Å². The van der Waals surface area contributed by atoms with Crippen LogP contribution in [0.25, 0.3) is 0 Å². The van der Waals surface area contributed by atoms with Crippen LogP contribution in [0.4, 0.5) is 0 Å². The van der Waals surface area contributed by atoms with E-state index < -0.39 is 6.04 Å². The predicted molar refractivity (Wildman–Crippen MR) is 136 cm³/mol. The van der Waals surface area contributed by atoms with Crippen LogP contribution in [0.5, 0.6) is 0 Å². The van der Waals surface area contributed by atoms with Gasteiger partial charge in [0.15, 0.2) is 0 Å². The lowest BCUT2D eigenvalue weighted by molar-refractivity contribution is -0.139. The zero-order chi connectivity index (χ0) is 23.7. The van der Waals surface area contributed by atoms with E-state index in [1.54, 1.807) is 28.8 Å². The lowest BCUT2D eigenvalue weighted by Crippen LogP contribution is -2.51. The third-order valence-corrected chi connectivity index (χ3v) is 6.93. The highest BCUT2D eigenvalue weighted by Crippen LogP contribution is 2.24. The Balaban J connectivity index is 2.17. The van der Waals surface area contributed by atoms with Crippen LogP contribution in [0.1, 0.15) is 50.3 Å².